The third-order valence-corrected chi connectivity index (χ3v) is 6.12. The summed E-state index contributed by atoms with van der Waals surface area (Å²) in [5, 5.41) is 2.87. The van der Waals surface area contributed by atoms with E-state index >= 15 is 0 Å². The molecule has 4 rings (SSSR count). The van der Waals surface area contributed by atoms with E-state index in [1.807, 2.05) is 26.8 Å². The average Bonchev–Trinajstić information content (AvgIpc) is 3.19. The standard InChI is InChI=1S/C24H29N7O2/c1-13-10-14(2)28-23(32)18(13)12-27-24(33)20-16(4)22(31-9-5-6-15(31)3)30-21(29-20)17-7-8-19(25)26-11-17/h7-8,10-11,15H,5-6,9,12H2,1-4H3,(H2,25,26)(H,27,33)(H,28,32)/t15-/m0/s1. The number of nitrogens with zero attached hydrogens (tertiary/aromatic N) is 4. The van der Waals surface area contributed by atoms with Crippen molar-refractivity contribution in [3.05, 3.63) is 62.8 Å². The molecule has 9 nitrogen and oxygen atoms in total. The summed E-state index contributed by atoms with van der Waals surface area (Å²) in [6.45, 7) is 8.69. The summed E-state index contributed by atoms with van der Waals surface area (Å²) in [7, 11) is 0. The first-order valence-corrected chi connectivity index (χ1v) is 11.1. The third-order valence-electron chi connectivity index (χ3n) is 6.12. The lowest BCUT2D eigenvalue weighted by Gasteiger charge is -2.25. The minimum atomic E-state index is -0.355. The average molecular weight is 448 g/mol. The van der Waals surface area contributed by atoms with Crippen LogP contribution in [-0.4, -0.2) is 38.4 Å². The first kappa shape index (κ1) is 22.4. The predicted octanol–water partition coefficient (Wildman–Crippen LogP) is 2.65. The van der Waals surface area contributed by atoms with Gasteiger partial charge in [0.15, 0.2) is 5.82 Å². The number of aromatic nitrogens is 4. The van der Waals surface area contributed by atoms with Gasteiger partial charge in [0.25, 0.3) is 11.5 Å². The second-order valence-electron chi connectivity index (χ2n) is 8.63. The molecule has 3 aromatic heterocycles. The molecule has 3 aromatic rings. The van der Waals surface area contributed by atoms with Gasteiger partial charge >= 0.3 is 0 Å². The van der Waals surface area contributed by atoms with Gasteiger partial charge in [-0.05, 0) is 64.3 Å². The van der Waals surface area contributed by atoms with Gasteiger partial charge in [0.05, 0.1) is 0 Å². The molecule has 33 heavy (non-hydrogen) atoms. The van der Waals surface area contributed by atoms with E-state index in [9.17, 15) is 9.59 Å². The molecule has 0 spiro atoms. The molecule has 1 fully saturated rings. The van der Waals surface area contributed by atoms with Gasteiger partial charge < -0.3 is 20.9 Å². The molecule has 0 aliphatic carbocycles. The molecule has 0 bridgehead atoms. The Morgan fingerprint density at radius 3 is 2.70 bits per heavy atom. The van der Waals surface area contributed by atoms with Crippen molar-refractivity contribution in [2.75, 3.05) is 17.2 Å². The Morgan fingerprint density at radius 2 is 2.06 bits per heavy atom. The summed E-state index contributed by atoms with van der Waals surface area (Å²) in [4.78, 5) is 44.1. The van der Waals surface area contributed by atoms with E-state index in [4.69, 9.17) is 10.7 Å². The Balaban J connectivity index is 1.71. The number of nitrogens with two attached hydrogens (primary N) is 1. The van der Waals surface area contributed by atoms with Crippen LogP contribution in [0.2, 0.25) is 0 Å². The second kappa shape index (κ2) is 9.01. The highest BCUT2D eigenvalue weighted by Crippen LogP contribution is 2.30. The first-order valence-electron chi connectivity index (χ1n) is 11.1. The Morgan fingerprint density at radius 1 is 1.27 bits per heavy atom. The van der Waals surface area contributed by atoms with Crippen LogP contribution in [0.3, 0.4) is 0 Å². The van der Waals surface area contributed by atoms with Crippen molar-refractivity contribution >= 4 is 17.5 Å². The Hall–Kier alpha value is -3.75. The summed E-state index contributed by atoms with van der Waals surface area (Å²) in [5.74, 6) is 1.20. The lowest BCUT2D eigenvalue weighted by Crippen LogP contribution is -2.32. The van der Waals surface area contributed by atoms with Gasteiger partial charge in [-0.1, -0.05) is 0 Å². The monoisotopic (exact) mass is 447 g/mol. The molecule has 0 saturated carbocycles. The van der Waals surface area contributed by atoms with Crippen molar-refractivity contribution in [1.82, 2.24) is 25.3 Å². The fourth-order valence-electron chi connectivity index (χ4n) is 4.27. The molecule has 1 saturated heterocycles. The van der Waals surface area contributed by atoms with Gasteiger partial charge in [0.2, 0.25) is 0 Å². The minimum absolute atomic E-state index is 0.109. The van der Waals surface area contributed by atoms with Crippen LogP contribution < -0.4 is 21.5 Å². The van der Waals surface area contributed by atoms with E-state index < -0.39 is 0 Å². The van der Waals surface area contributed by atoms with Gasteiger partial charge in [-0.3, -0.25) is 9.59 Å². The van der Waals surface area contributed by atoms with Crippen LogP contribution in [0.15, 0.2) is 29.2 Å². The van der Waals surface area contributed by atoms with Crippen LogP contribution in [0.4, 0.5) is 11.6 Å². The van der Waals surface area contributed by atoms with Crippen LogP contribution in [0.5, 0.6) is 0 Å². The number of hydrogen-bond acceptors (Lipinski definition) is 7. The van der Waals surface area contributed by atoms with Crippen molar-refractivity contribution < 1.29 is 4.79 Å². The number of aromatic amines is 1. The van der Waals surface area contributed by atoms with Crippen molar-refractivity contribution in [3.8, 4) is 11.4 Å². The third kappa shape index (κ3) is 4.57. The van der Waals surface area contributed by atoms with E-state index in [1.165, 1.54) is 0 Å². The number of anilines is 2. The highest BCUT2D eigenvalue weighted by molar-refractivity contribution is 5.95. The zero-order valence-electron chi connectivity index (χ0n) is 19.4. The first-order chi connectivity index (χ1) is 15.7. The molecule has 1 amide bonds. The molecule has 4 heterocycles. The Labute approximate surface area is 192 Å². The van der Waals surface area contributed by atoms with Crippen LogP contribution in [0, 0.1) is 20.8 Å². The molecule has 0 aromatic carbocycles. The normalized spacial score (nSPS) is 15.6. The summed E-state index contributed by atoms with van der Waals surface area (Å²) in [6, 6.07) is 5.68. The molecular formula is C24H29N7O2. The number of carbonyl (C=O) groups is 1. The summed E-state index contributed by atoms with van der Waals surface area (Å²) in [5.41, 5.74) is 9.34. The molecule has 0 unspecified atom stereocenters. The van der Waals surface area contributed by atoms with E-state index in [0.29, 0.717) is 34.4 Å². The molecule has 4 N–H and O–H groups in total. The summed E-state index contributed by atoms with van der Waals surface area (Å²) >= 11 is 0. The quantitative estimate of drug-likeness (QED) is 0.548. The number of pyridine rings is 2. The molecule has 9 heteroatoms. The zero-order valence-corrected chi connectivity index (χ0v) is 19.4. The molecule has 0 radical (unpaired) electrons. The van der Waals surface area contributed by atoms with E-state index in [0.717, 1.165) is 36.5 Å². The van der Waals surface area contributed by atoms with E-state index in [-0.39, 0.29) is 23.7 Å². The van der Waals surface area contributed by atoms with Gasteiger partial charge in [0, 0.05) is 47.7 Å². The molecule has 172 valence electrons. The minimum Gasteiger partial charge on any atom is -0.384 e. The highest BCUT2D eigenvalue weighted by atomic mass is 16.2. The van der Waals surface area contributed by atoms with Gasteiger partial charge in [0.1, 0.15) is 17.3 Å². The number of nitrogens with one attached hydrogen (secondary N) is 2. The SMILES string of the molecule is Cc1cc(C)c(CNC(=O)c2nc(-c3ccc(N)nc3)nc(N3CCC[C@@H]3C)c2C)c(=O)[nH]1. The molecule has 1 aliphatic rings. The lowest BCUT2D eigenvalue weighted by molar-refractivity contribution is 0.0945. The van der Waals surface area contributed by atoms with Crippen molar-refractivity contribution in [2.24, 2.45) is 0 Å². The van der Waals surface area contributed by atoms with Crippen LogP contribution in [0.25, 0.3) is 11.4 Å². The lowest BCUT2D eigenvalue weighted by atomic mass is 10.1. The second-order valence-corrected chi connectivity index (χ2v) is 8.63. The largest absolute Gasteiger partial charge is 0.384 e. The Bertz CT molecular complexity index is 1250. The number of rotatable bonds is 5. The number of H-pyrrole nitrogens is 1. The van der Waals surface area contributed by atoms with Crippen molar-refractivity contribution in [2.45, 2.75) is 53.1 Å². The van der Waals surface area contributed by atoms with Crippen LogP contribution >= 0.6 is 0 Å². The van der Waals surface area contributed by atoms with Crippen LogP contribution in [0.1, 0.15) is 52.6 Å². The molecular weight excluding hydrogens is 418 g/mol. The topological polar surface area (TPSA) is 130 Å². The molecule has 1 atom stereocenters. The zero-order chi connectivity index (χ0) is 23.7. The smallest absolute Gasteiger partial charge is 0.270 e. The van der Waals surface area contributed by atoms with Crippen molar-refractivity contribution in [3.63, 3.8) is 0 Å². The maximum atomic E-state index is 13.2. The number of nitrogen functional groups attached to an aromatic ring is 1. The van der Waals surface area contributed by atoms with Crippen molar-refractivity contribution in [1.29, 1.82) is 0 Å². The number of carbonyl (C=O) groups excluding carboxylic acids is 1. The maximum Gasteiger partial charge on any atom is 0.270 e. The summed E-state index contributed by atoms with van der Waals surface area (Å²) in [6.07, 6.45) is 3.74. The fourth-order valence-corrected chi connectivity index (χ4v) is 4.27. The highest BCUT2D eigenvalue weighted by Gasteiger charge is 2.27. The maximum absolute atomic E-state index is 13.2. The number of aryl methyl sites for hydroxylation is 2. The van der Waals surface area contributed by atoms with E-state index in [1.54, 1.807) is 18.3 Å². The predicted molar refractivity (Wildman–Crippen MR) is 128 cm³/mol. The Kier molecular flexibility index (Phi) is 6.13. The number of amides is 1. The number of hydrogen-bond donors (Lipinski definition) is 3. The van der Waals surface area contributed by atoms with Crippen LogP contribution in [-0.2, 0) is 6.54 Å². The van der Waals surface area contributed by atoms with E-state index in [2.05, 4.69) is 32.1 Å². The van der Waals surface area contributed by atoms with Gasteiger partial charge in [-0.25, -0.2) is 15.0 Å². The fraction of sp³-hybridized carbons (Fsp3) is 0.375. The molecule has 1 aliphatic heterocycles. The summed E-state index contributed by atoms with van der Waals surface area (Å²) < 4.78 is 0. The van der Waals surface area contributed by atoms with Gasteiger partial charge in [-0.15, -0.1) is 0 Å². The van der Waals surface area contributed by atoms with Gasteiger partial charge in [-0.2, -0.15) is 0 Å².